The van der Waals surface area contributed by atoms with Gasteiger partial charge in [0, 0.05) is 0 Å². The Labute approximate surface area is 103 Å². The summed E-state index contributed by atoms with van der Waals surface area (Å²) in [5.41, 5.74) is 1.25. The van der Waals surface area contributed by atoms with Crippen LogP contribution in [0.1, 0.15) is 40.5 Å². The molecule has 1 unspecified atom stereocenters. The van der Waals surface area contributed by atoms with Crippen molar-refractivity contribution < 1.29 is 4.74 Å². The van der Waals surface area contributed by atoms with Crippen LogP contribution in [-0.2, 0) is 4.74 Å². The average Bonchev–Trinajstić information content (AvgIpc) is 2.29. The van der Waals surface area contributed by atoms with Gasteiger partial charge in [0.05, 0.1) is 11.8 Å². The number of hydrogen-bond donors (Lipinski definition) is 1. The molecular weight excluding hydrogens is 216 g/mol. The Hall–Kier alpha value is -1.54. The molecule has 5 heteroatoms. The van der Waals surface area contributed by atoms with Gasteiger partial charge in [-0.25, -0.2) is 10.8 Å². The first-order valence-electron chi connectivity index (χ1n) is 5.97. The zero-order chi connectivity index (χ0) is 13.0. The van der Waals surface area contributed by atoms with Gasteiger partial charge >= 0.3 is 0 Å². The van der Waals surface area contributed by atoms with Gasteiger partial charge in [-0.15, -0.1) is 0 Å². The van der Waals surface area contributed by atoms with Gasteiger partial charge in [-0.3, -0.25) is 5.01 Å². The first kappa shape index (κ1) is 13.5. The van der Waals surface area contributed by atoms with Gasteiger partial charge in [-0.2, -0.15) is 5.26 Å². The number of rotatable bonds is 3. The van der Waals surface area contributed by atoms with Crippen molar-refractivity contribution in [2.75, 3.05) is 0 Å². The number of allylic oxidation sites excluding steroid dienone is 1. The molecule has 94 valence electrons. The maximum atomic E-state index is 9.20. The van der Waals surface area contributed by atoms with E-state index in [0.717, 1.165) is 12.1 Å². The molecule has 0 aliphatic carbocycles. The van der Waals surface area contributed by atoms with Crippen LogP contribution in [-0.4, -0.2) is 23.2 Å². The van der Waals surface area contributed by atoms with Crippen LogP contribution in [0.3, 0.4) is 0 Å². The summed E-state index contributed by atoms with van der Waals surface area (Å²) in [7, 11) is 0. The third kappa shape index (κ3) is 2.77. The molecule has 0 saturated carbocycles. The standard InChI is InChI=1S/C12H20N4O/c1-5-10-9(7-13)12(17-8(3)4)15-11(6-2)16(10)14/h8,11H,5-6,14H2,1-4H3. The minimum atomic E-state index is -0.143. The summed E-state index contributed by atoms with van der Waals surface area (Å²) in [6, 6.07) is 2.14. The molecule has 1 heterocycles. The van der Waals surface area contributed by atoms with Crippen LogP contribution in [0.5, 0.6) is 0 Å². The monoisotopic (exact) mass is 236 g/mol. The molecule has 0 amide bonds. The van der Waals surface area contributed by atoms with Crippen molar-refractivity contribution in [3.63, 3.8) is 0 Å². The summed E-state index contributed by atoms with van der Waals surface area (Å²) in [6.07, 6.45) is 1.33. The lowest BCUT2D eigenvalue weighted by Gasteiger charge is -2.32. The van der Waals surface area contributed by atoms with E-state index in [4.69, 9.17) is 10.6 Å². The van der Waals surface area contributed by atoms with Gasteiger partial charge in [0.25, 0.3) is 0 Å². The Bertz CT molecular complexity index is 378. The van der Waals surface area contributed by atoms with E-state index in [2.05, 4.69) is 11.1 Å². The second-order valence-corrected chi connectivity index (χ2v) is 4.18. The predicted molar refractivity (Wildman–Crippen MR) is 66.7 cm³/mol. The van der Waals surface area contributed by atoms with Crippen molar-refractivity contribution in [2.45, 2.75) is 52.8 Å². The molecule has 0 saturated heterocycles. The van der Waals surface area contributed by atoms with Gasteiger partial charge in [0.1, 0.15) is 17.8 Å². The maximum Gasteiger partial charge on any atom is 0.231 e. The molecule has 1 aliphatic rings. The van der Waals surface area contributed by atoms with Crippen LogP contribution in [0.25, 0.3) is 0 Å². The maximum absolute atomic E-state index is 9.20. The lowest BCUT2D eigenvalue weighted by molar-refractivity contribution is 0.199. The van der Waals surface area contributed by atoms with E-state index in [0.29, 0.717) is 17.9 Å². The minimum Gasteiger partial charge on any atom is -0.474 e. The quantitative estimate of drug-likeness (QED) is 0.760. The Morgan fingerprint density at radius 2 is 2.18 bits per heavy atom. The fourth-order valence-corrected chi connectivity index (χ4v) is 1.77. The van der Waals surface area contributed by atoms with Gasteiger partial charge in [0.2, 0.25) is 5.90 Å². The normalized spacial score (nSPS) is 20.4. The number of nitrogens with zero attached hydrogens (tertiary/aromatic N) is 3. The van der Waals surface area contributed by atoms with Crippen LogP contribution in [0, 0.1) is 11.3 Å². The summed E-state index contributed by atoms with van der Waals surface area (Å²) in [5.74, 6) is 6.39. The molecule has 0 fully saturated rings. The number of nitrogens with two attached hydrogens (primary N) is 1. The second-order valence-electron chi connectivity index (χ2n) is 4.18. The summed E-state index contributed by atoms with van der Waals surface area (Å²) >= 11 is 0. The smallest absolute Gasteiger partial charge is 0.231 e. The van der Waals surface area contributed by atoms with E-state index in [1.54, 1.807) is 5.01 Å². The molecule has 0 aromatic carbocycles. The van der Waals surface area contributed by atoms with E-state index in [1.807, 2.05) is 27.7 Å². The Kier molecular flexibility index (Phi) is 4.53. The van der Waals surface area contributed by atoms with E-state index in [-0.39, 0.29) is 12.3 Å². The highest BCUT2D eigenvalue weighted by Gasteiger charge is 2.28. The van der Waals surface area contributed by atoms with Crippen molar-refractivity contribution in [2.24, 2.45) is 10.8 Å². The molecule has 1 rings (SSSR count). The zero-order valence-corrected chi connectivity index (χ0v) is 10.9. The molecule has 2 N–H and O–H groups in total. The summed E-state index contributed by atoms with van der Waals surface area (Å²) < 4.78 is 5.59. The lowest BCUT2D eigenvalue weighted by Crippen LogP contribution is -2.43. The number of ether oxygens (including phenoxy) is 1. The molecule has 0 aromatic heterocycles. The molecule has 5 nitrogen and oxygen atoms in total. The van der Waals surface area contributed by atoms with E-state index >= 15 is 0 Å². The first-order chi connectivity index (χ1) is 8.04. The summed E-state index contributed by atoms with van der Waals surface area (Å²) in [4.78, 5) is 4.39. The highest BCUT2D eigenvalue weighted by Crippen LogP contribution is 2.23. The summed E-state index contributed by atoms with van der Waals surface area (Å²) in [5, 5.41) is 10.8. The second kappa shape index (κ2) is 5.69. The van der Waals surface area contributed by atoms with Crippen molar-refractivity contribution >= 4 is 5.90 Å². The largest absolute Gasteiger partial charge is 0.474 e. The zero-order valence-electron chi connectivity index (χ0n) is 10.9. The average molecular weight is 236 g/mol. The van der Waals surface area contributed by atoms with Crippen molar-refractivity contribution in [1.29, 1.82) is 5.26 Å². The van der Waals surface area contributed by atoms with Gasteiger partial charge < -0.3 is 4.74 Å². The van der Waals surface area contributed by atoms with Crippen molar-refractivity contribution in [1.82, 2.24) is 5.01 Å². The molecule has 0 spiro atoms. The Balaban J connectivity index is 3.15. The third-order valence-electron chi connectivity index (χ3n) is 2.56. The SMILES string of the molecule is CCC1=C(C#N)C(OC(C)C)=NC(CC)N1N. The highest BCUT2D eigenvalue weighted by atomic mass is 16.5. The van der Waals surface area contributed by atoms with Crippen LogP contribution in [0.15, 0.2) is 16.3 Å². The van der Waals surface area contributed by atoms with Crippen LogP contribution >= 0.6 is 0 Å². The highest BCUT2D eigenvalue weighted by molar-refractivity contribution is 5.98. The van der Waals surface area contributed by atoms with Gasteiger partial charge in [-0.1, -0.05) is 13.8 Å². The number of nitriles is 1. The van der Waals surface area contributed by atoms with Crippen LogP contribution in [0.4, 0.5) is 0 Å². The minimum absolute atomic E-state index is 0.00274. The van der Waals surface area contributed by atoms with Crippen molar-refractivity contribution in [3.8, 4) is 6.07 Å². The van der Waals surface area contributed by atoms with Crippen molar-refractivity contribution in [3.05, 3.63) is 11.3 Å². The number of hydrogen-bond acceptors (Lipinski definition) is 5. The molecule has 1 atom stereocenters. The molecule has 1 aliphatic heterocycles. The number of aliphatic imine (C=N–C) groups is 1. The first-order valence-corrected chi connectivity index (χ1v) is 5.97. The molecule has 0 bridgehead atoms. The molecule has 0 radical (unpaired) electrons. The van der Waals surface area contributed by atoms with Crippen LogP contribution < -0.4 is 5.84 Å². The molecule has 0 aromatic rings. The molecular formula is C12H20N4O. The van der Waals surface area contributed by atoms with E-state index in [9.17, 15) is 5.26 Å². The topological polar surface area (TPSA) is 74.6 Å². The Morgan fingerprint density at radius 3 is 2.59 bits per heavy atom. The van der Waals surface area contributed by atoms with Gasteiger partial charge in [0.15, 0.2) is 0 Å². The third-order valence-corrected chi connectivity index (χ3v) is 2.56. The van der Waals surface area contributed by atoms with Gasteiger partial charge in [-0.05, 0) is 26.7 Å². The summed E-state index contributed by atoms with van der Waals surface area (Å²) in [6.45, 7) is 7.81. The van der Waals surface area contributed by atoms with Crippen LogP contribution in [0.2, 0.25) is 0 Å². The molecule has 17 heavy (non-hydrogen) atoms. The number of hydrazine groups is 1. The fraction of sp³-hybridized carbons (Fsp3) is 0.667. The Morgan fingerprint density at radius 1 is 1.53 bits per heavy atom. The van der Waals surface area contributed by atoms with E-state index < -0.39 is 0 Å². The fourth-order valence-electron chi connectivity index (χ4n) is 1.77. The lowest BCUT2D eigenvalue weighted by atomic mass is 10.1. The predicted octanol–water partition coefficient (Wildman–Crippen LogP) is 1.92. The van der Waals surface area contributed by atoms with E-state index in [1.165, 1.54) is 0 Å².